The molecule has 78 valence electrons. The van der Waals surface area contributed by atoms with Crippen molar-refractivity contribution in [1.82, 2.24) is 0 Å². The zero-order valence-electron chi connectivity index (χ0n) is 8.89. The Morgan fingerprint density at radius 3 is 3.27 bits per heavy atom. The summed E-state index contributed by atoms with van der Waals surface area (Å²) in [5.41, 5.74) is 2.35. The second-order valence-electron chi connectivity index (χ2n) is 4.42. The molecular weight excluding hydrogens is 188 g/mol. The molecule has 0 aromatic carbocycles. The highest BCUT2D eigenvalue weighted by molar-refractivity contribution is 6.02. The lowest BCUT2D eigenvalue weighted by molar-refractivity contribution is -0.671. The van der Waals surface area contributed by atoms with E-state index in [-0.39, 0.29) is 0 Å². The lowest BCUT2D eigenvalue weighted by atomic mass is 9.95. The van der Waals surface area contributed by atoms with Gasteiger partial charge in [0.05, 0.1) is 11.3 Å². The molecule has 3 nitrogen and oxygen atoms in total. The van der Waals surface area contributed by atoms with Crippen molar-refractivity contribution in [3.63, 3.8) is 0 Å². The topological polar surface area (TPSA) is 25.5 Å². The summed E-state index contributed by atoms with van der Waals surface area (Å²) in [6, 6.07) is 4.17. The molecule has 0 radical (unpaired) electrons. The predicted molar refractivity (Wildman–Crippen MR) is 56.4 cm³/mol. The fourth-order valence-corrected chi connectivity index (χ4v) is 2.56. The van der Waals surface area contributed by atoms with E-state index >= 15 is 0 Å². The van der Waals surface area contributed by atoms with Crippen molar-refractivity contribution in [2.45, 2.75) is 25.4 Å². The van der Waals surface area contributed by atoms with E-state index in [0.717, 1.165) is 12.1 Å². The van der Waals surface area contributed by atoms with Gasteiger partial charge in [0.15, 0.2) is 12.4 Å². The van der Waals surface area contributed by atoms with E-state index in [2.05, 4.69) is 28.1 Å². The van der Waals surface area contributed by atoms with Crippen LogP contribution in [-0.2, 0) is 11.9 Å². The quantitative estimate of drug-likeness (QED) is 0.634. The number of aryl methyl sites for hydroxylation is 1. The van der Waals surface area contributed by atoms with Gasteiger partial charge in [0.2, 0.25) is 0 Å². The van der Waals surface area contributed by atoms with Crippen LogP contribution in [0.5, 0.6) is 0 Å². The average Bonchev–Trinajstić information content (AvgIpc) is 2.77. The summed E-state index contributed by atoms with van der Waals surface area (Å²) < 4.78 is 2.06. The summed E-state index contributed by atoms with van der Waals surface area (Å²) in [5, 5.41) is 4.23. The SMILES string of the molecule is C[n+]1cccc(C2=NO[C@@H]3CCC[C@H]23)c1. The minimum atomic E-state index is 0.352. The van der Waals surface area contributed by atoms with Gasteiger partial charge in [0.1, 0.15) is 13.2 Å². The van der Waals surface area contributed by atoms with Crippen LogP contribution in [0.1, 0.15) is 24.8 Å². The van der Waals surface area contributed by atoms with Gasteiger partial charge in [-0.3, -0.25) is 0 Å². The summed E-state index contributed by atoms with van der Waals surface area (Å²) in [7, 11) is 2.03. The van der Waals surface area contributed by atoms with E-state index in [4.69, 9.17) is 4.84 Å². The van der Waals surface area contributed by atoms with Gasteiger partial charge in [0, 0.05) is 12.0 Å². The largest absolute Gasteiger partial charge is 0.392 e. The van der Waals surface area contributed by atoms with Crippen LogP contribution in [0.3, 0.4) is 0 Å². The zero-order valence-corrected chi connectivity index (χ0v) is 8.89. The van der Waals surface area contributed by atoms with Crippen LogP contribution in [0.25, 0.3) is 0 Å². The maximum Gasteiger partial charge on any atom is 0.177 e. The summed E-state index contributed by atoms with van der Waals surface area (Å²) in [6.07, 6.45) is 8.16. The summed E-state index contributed by atoms with van der Waals surface area (Å²) in [6.45, 7) is 0. The van der Waals surface area contributed by atoms with E-state index < -0.39 is 0 Å². The molecule has 3 heteroatoms. The van der Waals surface area contributed by atoms with Crippen molar-refractivity contribution in [1.29, 1.82) is 0 Å². The number of aromatic nitrogens is 1. The molecule has 1 aromatic heterocycles. The lowest BCUT2D eigenvalue weighted by Gasteiger charge is -2.07. The van der Waals surface area contributed by atoms with Gasteiger partial charge in [-0.2, -0.15) is 0 Å². The molecule has 2 aliphatic rings. The first-order chi connectivity index (χ1) is 7.34. The molecule has 0 N–H and O–H groups in total. The standard InChI is InChI=1S/C12H15N2O/c1-14-7-3-4-9(8-14)12-10-5-2-6-11(10)15-13-12/h3-4,7-8,10-11H,2,5-6H2,1H3/q+1/t10-,11+/m0/s1. The lowest BCUT2D eigenvalue weighted by Crippen LogP contribution is -2.29. The smallest absolute Gasteiger partial charge is 0.177 e. The third-order valence-electron chi connectivity index (χ3n) is 3.33. The predicted octanol–water partition coefficient (Wildman–Crippen LogP) is 1.41. The minimum absolute atomic E-state index is 0.352. The molecule has 3 rings (SSSR count). The van der Waals surface area contributed by atoms with Crippen LogP contribution in [0, 0.1) is 5.92 Å². The molecule has 15 heavy (non-hydrogen) atoms. The Balaban J connectivity index is 1.94. The highest BCUT2D eigenvalue weighted by Crippen LogP contribution is 2.35. The van der Waals surface area contributed by atoms with Crippen molar-refractivity contribution in [2.75, 3.05) is 0 Å². The van der Waals surface area contributed by atoms with Crippen LogP contribution in [-0.4, -0.2) is 11.8 Å². The molecule has 0 amide bonds. The number of hydrogen-bond acceptors (Lipinski definition) is 2. The first-order valence-electron chi connectivity index (χ1n) is 5.54. The number of fused-ring (bicyclic) bond motifs is 1. The number of rotatable bonds is 1. The molecule has 2 atom stereocenters. The number of nitrogens with zero attached hydrogens (tertiary/aromatic N) is 2. The van der Waals surface area contributed by atoms with Crippen LogP contribution in [0.15, 0.2) is 29.7 Å². The van der Waals surface area contributed by atoms with E-state index in [1.165, 1.54) is 18.4 Å². The second-order valence-corrected chi connectivity index (χ2v) is 4.42. The maximum absolute atomic E-state index is 5.46. The monoisotopic (exact) mass is 203 g/mol. The van der Waals surface area contributed by atoms with Crippen molar-refractivity contribution in [3.05, 3.63) is 30.1 Å². The third kappa shape index (κ3) is 1.42. The normalized spacial score (nSPS) is 28.5. The van der Waals surface area contributed by atoms with Gasteiger partial charge >= 0.3 is 0 Å². The van der Waals surface area contributed by atoms with Gasteiger partial charge in [0.25, 0.3) is 0 Å². The Labute approximate surface area is 89.4 Å². The van der Waals surface area contributed by atoms with Gasteiger partial charge in [-0.1, -0.05) is 5.16 Å². The van der Waals surface area contributed by atoms with E-state index in [0.29, 0.717) is 12.0 Å². The summed E-state index contributed by atoms with van der Waals surface area (Å²) in [4.78, 5) is 5.46. The zero-order chi connectivity index (χ0) is 10.3. The van der Waals surface area contributed by atoms with Gasteiger partial charge in [-0.15, -0.1) is 0 Å². The number of pyridine rings is 1. The van der Waals surface area contributed by atoms with E-state index in [1.807, 2.05) is 13.2 Å². The Morgan fingerprint density at radius 1 is 1.47 bits per heavy atom. The highest BCUT2D eigenvalue weighted by Gasteiger charge is 2.39. The first-order valence-corrected chi connectivity index (χ1v) is 5.54. The average molecular weight is 203 g/mol. The molecule has 1 fully saturated rings. The maximum atomic E-state index is 5.46. The Hall–Kier alpha value is -1.38. The fourth-order valence-electron chi connectivity index (χ4n) is 2.56. The molecule has 0 unspecified atom stereocenters. The third-order valence-corrected chi connectivity index (χ3v) is 3.33. The van der Waals surface area contributed by atoms with Gasteiger partial charge in [-0.05, 0) is 25.3 Å². The first kappa shape index (κ1) is 8.89. The van der Waals surface area contributed by atoms with Crippen molar-refractivity contribution in [2.24, 2.45) is 18.1 Å². The van der Waals surface area contributed by atoms with E-state index in [9.17, 15) is 0 Å². The summed E-state index contributed by atoms with van der Waals surface area (Å²) >= 11 is 0. The molecule has 1 aliphatic carbocycles. The molecule has 2 heterocycles. The molecule has 1 aromatic rings. The Kier molecular flexibility index (Phi) is 1.97. The molecule has 0 saturated heterocycles. The van der Waals surface area contributed by atoms with Gasteiger partial charge in [-0.25, -0.2) is 4.57 Å². The molecule has 0 bridgehead atoms. The van der Waals surface area contributed by atoms with Crippen LogP contribution >= 0.6 is 0 Å². The van der Waals surface area contributed by atoms with Crippen molar-refractivity contribution in [3.8, 4) is 0 Å². The van der Waals surface area contributed by atoms with Crippen molar-refractivity contribution < 1.29 is 9.40 Å². The molecule has 1 aliphatic heterocycles. The Morgan fingerprint density at radius 2 is 2.40 bits per heavy atom. The van der Waals surface area contributed by atoms with E-state index in [1.54, 1.807) is 0 Å². The summed E-state index contributed by atoms with van der Waals surface area (Å²) in [5.74, 6) is 0.535. The number of hydrogen-bond donors (Lipinski definition) is 0. The van der Waals surface area contributed by atoms with Crippen molar-refractivity contribution >= 4 is 5.71 Å². The van der Waals surface area contributed by atoms with Crippen LogP contribution in [0.2, 0.25) is 0 Å². The Bertz CT molecular complexity index is 414. The fraction of sp³-hybridized carbons (Fsp3) is 0.500. The molecule has 1 saturated carbocycles. The van der Waals surface area contributed by atoms with Crippen LogP contribution < -0.4 is 4.57 Å². The highest BCUT2D eigenvalue weighted by atomic mass is 16.6. The van der Waals surface area contributed by atoms with Gasteiger partial charge < -0.3 is 4.84 Å². The molecular formula is C12H15N2O+. The number of oxime groups is 1. The minimum Gasteiger partial charge on any atom is -0.392 e. The molecule has 0 spiro atoms. The van der Waals surface area contributed by atoms with Crippen LogP contribution in [0.4, 0.5) is 0 Å². The second kappa shape index (κ2) is 3.33.